The fraction of sp³-hybridized carbons (Fsp3) is 0.440. The van der Waals surface area contributed by atoms with Gasteiger partial charge in [-0.05, 0) is 71.1 Å². The topological polar surface area (TPSA) is 86.9 Å². The molecule has 2 rings (SSSR count). The number of benzene rings is 2. The van der Waals surface area contributed by atoms with Gasteiger partial charge in [0.05, 0.1) is 13.2 Å². The number of hydrogen-bond donors (Lipinski definition) is 2. The van der Waals surface area contributed by atoms with Gasteiger partial charge < -0.3 is 24.6 Å². The molecule has 32 heavy (non-hydrogen) atoms. The van der Waals surface area contributed by atoms with Gasteiger partial charge in [0.2, 0.25) is 0 Å². The van der Waals surface area contributed by atoms with E-state index in [2.05, 4.69) is 21.9 Å². The van der Waals surface area contributed by atoms with Crippen LogP contribution in [0.5, 0.6) is 23.0 Å². The maximum Gasteiger partial charge on any atom is 0.166 e. The van der Waals surface area contributed by atoms with Gasteiger partial charge >= 0.3 is 0 Å². The Bertz CT molecular complexity index is 812. The maximum absolute atomic E-state index is 10.2. The van der Waals surface area contributed by atoms with E-state index >= 15 is 0 Å². The SMILES string of the molecule is CCOc1cccc(C=NCCCN(C)CCCN=Cc2cccc(OCC)c2O)c1O. The Morgan fingerprint density at radius 3 is 1.62 bits per heavy atom. The molecule has 0 saturated carbocycles. The third-order valence-corrected chi connectivity index (χ3v) is 4.77. The largest absolute Gasteiger partial charge is 0.504 e. The first-order valence-corrected chi connectivity index (χ1v) is 11.1. The lowest BCUT2D eigenvalue weighted by Gasteiger charge is -2.14. The zero-order valence-electron chi connectivity index (χ0n) is 19.3. The van der Waals surface area contributed by atoms with Crippen molar-refractivity contribution in [2.75, 3.05) is 46.4 Å². The number of phenols is 2. The van der Waals surface area contributed by atoms with Gasteiger partial charge in [0.25, 0.3) is 0 Å². The minimum Gasteiger partial charge on any atom is -0.504 e. The third kappa shape index (κ3) is 8.23. The van der Waals surface area contributed by atoms with Crippen LogP contribution in [0.2, 0.25) is 0 Å². The van der Waals surface area contributed by atoms with Crippen molar-refractivity contribution in [1.29, 1.82) is 0 Å². The summed E-state index contributed by atoms with van der Waals surface area (Å²) >= 11 is 0. The predicted molar refractivity (Wildman–Crippen MR) is 130 cm³/mol. The van der Waals surface area contributed by atoms with E-state index in [1.807, 2.05) is 38.1 Å². The van der Waals surface area contributed by atoms with Crippen LogP contribution in [0.1, 0.15) is 37.8 Å². The van der Waals surface area contributed by atoms with Crippen molar-refractivity contribution in [3.05, 3.63) is 47.5 Å². The van der Waals surface area contributed by atoms with Gasteiger partial charge in [-0.25, -0.2) is 0 Å². The molecule has 0 bridgehead atoms. The molecule has 2 aromatic carbocycles. The van der Waals surface area contributed by atoms with Gasteiger partial charge in [-0.3, -0.25) is 9.98 Å². The van der Waals surface area contributed by atoms with Gasteiger partial charge in [-0.15, -0.1) is 0 Å². The molecule has 0 saturated heterocycles. The van der Waals surface area contributed by atoms with Crippen LogP contribution in [-0.2, 0) is 0 Å². The highest BCUT2D eigenvalue weighted by molar-refractivity contribution is 5.85. The first-order chi connectivity index (χ1) is 15.6. The molecule has 0 heterocycles. The van der Waals surface area contributed by atoms with Gasteiger partial charge in [0.15, 0.2) is 23.0 Å². The molecule has 174 valence electrons. The van der Waals surface area contributed by atoms with Crippen LogP contribution in [0, 0.1) is 0 Å². The zero-order valence-corrected chi connectivity index (χ0v) is 19.3. The number of aromatic hydroxyl groups is 2. The Morgan fingerprint density at radius 2 is 1.22 bits per heavy atom. The summed E-state index contributed by atoms with van der Waals surface area (Å²) in [5.74, 6) is 1.23. The quantitative estimate of drug-likeness (QED) is 0.340. The van der Waals surface area contributed by atoms with Gasteiger partial charge in [0.1, 0.15) is 0 Å². The number of nitrogens with zero attached hydrogens (tertiary/aromatic N) is 3. The summed E-state index contributed by atoms with van der Waals surface area (Å²) in [5, 5.41) is 20.3. The molecule has 0 aliphatic heterocycles. The standard InChI is InChI=1S/C25H35N3O4/c1-4-31-22-12-6-10-20(24(22)29)18-26-14-8-16-28(3)17-9-15-27-19-21-11-7-13-23(25(21)30)32-5-2/h6-7,10-13,18-19,29-30H,4-5,8-9,14-17H2,1-3H3. The zero-order chi connectivity index (χ0) is 23.2. The monoisotopic (exact) mass is 441 g/mol. The van der Waals surface area contributed by atoms with Gasteiger partial charge in [-0.2, -0.15) is 0 Å². The Balaban J connectivity index is 1.66. The smallest absolute Gasteiger partial charge is 0.166 e. The number of para-hydroxylation sites is 2. The highest BCUT2D eigenvalue weighted by Crippen LogP contribution is 2.29. The molecule has 0 amide bonds. The number of phenolic OH excluding ortho intramolecular Hbond substituents is 2. The summed E-state index contributed by atoms with van der Waals surface area (Å²) in [6, 6.07) is 10.8. The predicted octanol–water partition coefficient (Wildman–Crippen LogP) is 4.15. The number of hydrogen-bond acceptors (Lipinski definition) is 7. The van der Waals surface area contributed by atoms with E-state index in [0.29, 0.717) is 48.9 Å². The van der Waals surface area contributed by atoms with Crippen molar-refractivity contribution in [3.63, 3.8) is 0 Å². The number of aliphatic imine (C=N–C) groups is 2. The average molecular weight is 442 g/mol. The van der Waals surface area contributed by atoms with E-state index in [0.717, 1.165) is 25.9 Å². The molecular weight excluding hydrogens is 406 g/mol. The molecule has 0 radical (unpaired) electrons. The maximum atomic E-state index is 10.2. The summed E-state index contributed by atoms with van der Waals surface area (Å²) in [6.07, 6.45) is 5.26. The van der Waals surface area contributed by atoms with Crippen molar-refractivity contribution in [1.82, 2.24) is 4.90 Å². The van der Waals surface area contributed by atoms with Crippen LogP contribution < -0.4 is 9.47 Å². The van der Waals surface area contributed by atoms with E-state index in [-0.39, 0.29) is 11.5 Å². The van der Waals surface area contributed by atoms with Crippen molar-refractivity contribution in [2.24, 2.45) is 9.98 Å². The van der Waals surface area contributed by atoms with Crippen molar-refractivity contribution >= 4 is 12.4 Å². The van der Waals surface area contributed by atoms with Crippen molar-refractivity contribution in [3.8, 4) is 23.0 Å². The van der Waals surface area contributed by atoms with Crippen LogP contribution in [0.15, 0.2) is 46.4 Å². The molecule has 2 aromatic rings. The Labute approximate surface area is 191 Å². The minimum absolute atomic E-state index is 0.133. The molecule has 7 heteroatoms. The molecule has 0 spiro atoms. The fourth-order valence-electron chi connectivity index (χ4n) is 3.13. The van der Waals surface area contributed by atoms with Crippen molar-refractivity contribution in [2.45, 2.75) is 26.7 Å². The van der Waals surface area contributed by atoms with Crippen LogP contribution >= 0.6 is 0 Å². The van der Waals surface area contributed by atoms with E-state index in [9.17, 15) is 10.2 Å². The Kier molecular flexibility index (Phi) is 11.1. The molecule has 0 aliphatic carbocycles. The first kappa shape index (κ1) is 25.2. The minimum atomic E-state index is 0.133. The van der Waals surface area contributed by atoms with E-state index < -0.39 is 0 Å². The summed E-state index contributed by atoms with van der Waals surface area (Å²) in [4.78, 5) is 11.1. The lowest BCUT2D eigenvalue weighted by Crippen LogP contribution is -2.22. The van der Waals surface area contributed by atoms with E-state index in [1.165, 1.54) is 0 Å². The van der Waals surface area contributed by atoms with Crippen LogP contribution in [0.25, 0.3) is 0 Å². The summed E-state index contributed by atoms with van der Waals surface area (Å²) in [6.45, 7) is 8.04. The molecule has 0 unspecified atom stereocenters. The highest BCUT2D eigenvalue weighted by Gasteiger charge is 2.06. The summed E-state index contributed by atoms with van der Waals surface area (Å²) in [7, 11) is 2.09. The number of rotatable bonds is 14. The second-order valence-electron chi connectivity index (χ2n) is 7.33. The normalized spacial score (nSPS) is 11.6. The first-order valence-electron chi connectivity index (χ1n) is 11.1. The molecule has 0 aromatic heterocycles. The van der Waals surface area contributed by atoms with Crippen LogP contribution in [0.3, 0.4) is 0 Å². The average Bonchev–Trinajstić information content (AvgIpc) is 2.78. The molecular formula is C25H35N3O4. The van der Waals surface area contributed by atoms with E-state index in [1.54, 1.807) is 24.6 Å². The Morgan fingerprint density at radius 1 is 0.781 bits per heavy atom. The Hall–Kier alpha value is -3.06. The molecule has 0 fully saturated rings. The lowest BCUT2D eigenvalue weighted by molar-refractivity contribution is 0.318. The van der Waals surface area contributed by atoms with Gasteiger partial charge in [0, 0.05) is 36.6 Å². The molecule has 7 nitrogen and oxygen atoms in total. The second-order valence-corrected chi connectivity index (χ2v) is 7.33. The summed E-state index contributed by atoms with van der Waals surface area (Å²) < 4.78 is 10.8. The molecule has 0 atom stereocenters. The highest BCUT2D eigenvalue weighted by atomic mass is 16.5. The summed E-state index contributed by atoms with van der Waals surface area (Å²) in [5.41, 5.74) is 1.33. The van der Waals surface area contributed by atoms with Crippen molar-refractivity contribution < 1.29 is 19.7 Å². The fourth-order valence-corrected chi connectivity index (χ4v) is 3.13. The third-order valence-electron chi connectivity index (χ3n) is 4.77. The lowest BCUT2D eigenvalue weighted by atomic mass is 10.2. The number of ether oxygens (including phenoxy) is 2. The second kappa shape index (κ2) is 14.1. The van der Waals surface area contributed by atoms with Gasteiger partial charge in [-0.1, -0.05) is 12.1 Å². The molecule has 2 N–H and O–H groups in total. The van der Waals surface area contributed by atoms with Crippen LogP contribution in [0.4, 0.5) is 0 Å². The van der Waals surface area contributed by atoms with Crippen LogP contribution in [-0.4, -0.2) is 74.0 Å². The molecule has 0 aliphatic rings. The van der Waals surface area contributed by atoms with E-state index in [4.69, 9.17) is 9.47 Å².